The molecule has 6 nitrogen and oxygen atoms in total. The smallest absolute Gasteiger partial charge is 0.254 e. The van der Waals surface area contributed by atoms with E-state index in [2.05, 4.69) is 4.98 Å². The Hall–Kier alpha value is -2.76. The van der Waals surface area contributed by atoms with Gasteiger partial charge in [0.2, 0.25) is 12.7 Å². The van der Waals surface area contributed by atoms with Gasteiger partial charge in [0.15, 0.2) is 11.5 Å². The molecule has 6 heteroatoms. The molecule has 120 valence electrons. The zero-order chi connectivity index (χ0) is 16.2. The Bertz CT molecular complexity index is 717. The van der Waals surface area contributed by atoms with E-state index in [1.165, 1.54) is 0 Å². The molecule has 0 spiro atoms. The normalized spacial score (nSPS) is 12.1. The van der Waals surface area contributed by atoms with Crippen molar-refractivity contribution in [3.8, 4) is 17.4 Å². The van der Waals surface area contributed by atoms with Crippen LogP contribution in [0.15, 0.2) is 36.5 Å². The molecule has 2 heterocycles. The number of rotatable bonds is 5. The molecule has 2 aromatic rings. The number of hydrogen-bond acceptors (Lipinski definition) is 5. The minimum atomic E-state index is -0.102. The number of fused-ring (bicyclic) bond motifs is 1. The summed E-state index contributed by atoms with van der Waals surface area (Å²) in [6, 6.07) is 8.92. The van der Waals surface area contributed by atoms with Crippen molar-refractivity contribution in [3.63, 3.8) is 0 Å². The van der Waals surface area contributed by atoms with Gasteiger partial charge in [0.05, 0.1) is 13.2 Å². The molecule has 0 saturated heterocycles. The summed E-state index contributed by atoms with van der Waals surface area (Å²) in [5.41, 5.74) is 1.42. The van der Waals surface area contributed by atoms with Crippen molar-refractivity contribution in [2.45, 2.75) is 13.5 Å². The maximum Gasteiger partial charge on any atom is 0.254 e. The van der Waals surface area contributed by atoms with Crippen LogP contribution in [0.2, 0.25) is 0 Å². The fourth-order valence-corrected chi connectivity index (χ4v) is 2.39. The molecule has 23 heavy (non-hydrogen) atoms. The highest BCUT2D eigenvalue weighted by molar-refractivity contribution is 5.94. The highest BCUT2D eigenvalue weighted by Gasteiger charge is 2.19. The van der Waals surface area contributed by atoms with Gasteiger partial charge in [0.25, 0.3) is 5.91 Å². The van der Waals surface area contributed by atoms with E-state index >= 15 is 0 Å². The number of pyridine rings is 1. The van der Waals surface area contributed by atoms with Crippen LogP contribution in [0.5, 0.6) is 17.4 Å². The van der Waals surface area contributed by atoms with Crippen molar-refractivity contribution in [3.05, 3.63) is 47.7 Å². The molecule has 0 radical (unpaired) electrons. The summed E-state index contributed by atoms with van der Waals surface area (Å²) in [5, 5.41) is 0. The topological polar surface area (TPSA) is 60.9 Å². The van der Waals surface area contributed by atoms with E-state index in [1.54, 1.807) is 36.3 Å². The van der Waals surface area contributed by atoms with Crippen LogP contribution in [-0.4, -0.2) is 36.2 Å². The monoisotopic (exact) mass is 314 g/mol. The first-order valence-electron chi connectivity index (χ1n) is 7.41. The molecule has 0 N–H and O–H groups in total. The highest BCUT2D eigenvalue weighted by Crippen LogP contribution is 2.32. The van der Waals surface area contributed by atoms with E-state index in [4.69, 9.17) is 14.2 Å². The highest BCUT2D eigenvalue weighted by atomic mass is 16.7. The molecule has 1 aromatic heterocycles. The molecule has 3 rings (SSSR count). The summed E-state index contributed by atoms with van der Waals surface area (Å²) in [6.45, 7) is 3.04. The number of aromatic nitrogens is 1. The van der Waals surface area contributed by atoms with Gasteiger partial charge in [-0.25, -0.2) is 4.98 Å². The van der Waals surface area contributed by atoms with Gasteiger partial charge in [-0.05, 0) is 31.2 Å². The Morgan fingerprint density at radius 1 is 1.30 bits per heavy atom. The number of benzene rings is 1. The molecule has 0 aliphatic carbocycles. The molecule has 0 bridgehead atoms. The molecule has 1 aliphatic heterocycles. The van der Waals surface area contributed by atoms with Crippen LogP contribution >= 0.6 is 0 Å². The first-order valence-corrected chi connectivity index (χ1v) is 7.41. The lowest BCUT2D eigenvalue weighted by Crippen LogP contribution is -2.26. The van der Waals surface area contributed by atoms with Crippen LogP contribution in [0.3, 0.4) is 0 Å². The number of hydrogen-bond donors (Lipinski definition) is 0. The van der Waals surface area contributed by atoms with Gasteiger partial charge < -0.3 is 19.1 Å². The Labute approximate surface area is 134 Å². The summed E-state index contributed by atoms with van der Waals surface area (Å²) < 4.78 is 16.1. The lowest BCUT2D eigenvalue weighted by Gasteiger charge is -2.19. The predicted octanol–water partition coefficient (Wildman–Crippen LogP) is 2.48. The van der Waals surface area contributed by atoms with Crippen molar-refractivity contribution < 1.29 is 19.0 Å². The predicted molar refractivity (Wildman–Crippen MR) is 83.8 cm³/mol. The Kier molecular flexibility index (Phi) is 4.32. The summed E-state index contributed by atoms with van der Waals surface area (Å²) in [6.07, 6.45) is 1.67. The minimum Gasteiger partial charge on any atom is -0.478 e. The van der Waals surface area contributed by atoms with Crippen molar-refractivity contribution in [1.82, 2.24) is 9.88 Å². The van der Waals surface area contributed by atoms with Crippen LogP contribution in [0.4, 0.5) is 0 Å². The average molecular weight is 314 g/mol. The number of ether oxygens (including phenoxy) is 3. The van der Waals surface area contributed by atoms with Crippen LogP contribution < -0.4 is 14.2 Å². The van der Waals surface area contributed by atoms with Gasteiger partial charge in [-0.2, -0.15) is 0 Å². The lowest BCUT2D eigenvalue weighted by molar-refractivity contribution is 0.0783. The maximum absolute atomic E-state index is 12.6. The van der Waals surface area contributed by atoms with Crippen molar-refractivity contribution >= 4 is 5.91 Å². The van der Waals surface area contributed by atoms with Gasteiger partial charge in [-0.3, -0.25) is 4.79 Å². The third-order valence-corrected chi connectivity index (χ3v) is 3.50. The van der Waals surface area contributed by atoms with E-state index < -0.39 is 0 Å². The number of carbonyl (C=O) groups is 1. The molecular weight excluding hydrogens is 296 g/mol. The van der Waals surface area contributed by atoms with Crippen molar-refractivity contribution in [2.75, 3.05) is 20.4 Å². The second-order valence-electron chi connectivity index (χ2n) is 5.13. The largest absolute Gasteiger partial charge is 0.478 e. The first-order chi connectivity index (χ1) is 11.2. The summed E-state index contributed by atoms with van der Waals surface area (Å²) in [7, 11) is 1.75. The van der Waals surface area contributed by atoms with Crippen molar-refractivity contribution in [1.29, 1.82) is 0 Å². The lowest BCUT2D eigenvalue weighted by atomic mass is 10.1. The third kappa shape index (κ3) is 3.21. The molecule has 0 fully saturated rings. The Morgan fingerprint density at radius 2 is 2.13 bits per heavy atom. The molecule has 0 unspecified atom stereocenters. The molecule has 1 aromatic carbocycles. The number of amides is 1. The summed E-state index contributed by atoms with van der Waals surface area (Å²) in [5.74, 6) is 1.71. The zero-order valence-electron chi connectivity index (χ0n) is 13.1. The van der Waals surface area contributed by atoms with E-state index in [0.717, 1.165) is 5.56 Å². The van der Waals surface area contributed by atoms with Gasteiger partial charge >= 0.3 is 0 Å². The molecule has 1 aliphatic rings. The second kappa shape index (κ2) is 6.56. The van der Waals surface area contributed by atoms with E-state index in [0.29, 0.717) is 36.1 Å². The molecule has 1 amide bonds. The second-order valence-corrected chi connectivity index (χ2v) is 5.13. The zero-order valence-corrected chi connectivity index (χ0v) is 13.1. The Morgan fingerprint density at radius 3 is 2.96 bits per heavy atom. The standard InChI is InChI=1S/C17H18N2O4/c1-3-21-16-13(5-4-8-18-16)10-19(2)17(20)12-6-7-14-15(9-12)23-11-22-14/h4-9H,3,10-11H2,1-2H3. The fraction of sp³-hybridized carbons (Fsp3) is 0.294. The summed E-state index contributed by atoms with van der Waals surface area (Å²) in [4.78, 5) is 18.4. The van der Waals surface area contributed by atoms with Gasteiger partial charge in [0, 0.05) is 24.4 Å². The minimum absolute atomic E-state index is 0.102. The van der Waals surface area contributed by atoms with Gasteiger partial charge in [0.1, 0.15) is 0 Å². The number of nitrogens with zero attached hydrogens (tertiary/aromatic N) is 2. The summed E-state index contributed by atoms with van der Waals surface area (Å²) >= 11 is 0. The average Bonchev–Trinajstić information content (AvgIpc) is 3.03. The maximum atomic E-state index is 12.6. The number of carbonyl (C=O) groups excluding carboxylic acids is 1. The van der Waals surface area contributed by atoms with Crippen LogP contribution in [0.1, 0.15) is 22.8 Å². The van der Waals surface area contributed by atoms with Crippen LogP contribution in [-0.2, 0) is 6.54 Å². The molecular formula is C17H18N2O4. The van der Waals surface area contributed by atoms with Crippen LogP contribution in [0.25, 0.3) is 0 Å². The quantitative estimate of drug-likeness (QED) is 0.848. The van der Waals surface area contributed by atoms with Crippen molar-refractivity contribution in [2.24, 2.45) is 0 Å². The SMILES string of the molecule is CCOc1ncccc1CN(C)C(=O)c1ccc2c(c1)OCO2. The van der Waals surface area contributed by atoms with E-state index in [-0.39, 0.29) is 12.7 Å². The van der Waals surface area contributed by atoms with E-state index in [9.17, 15) is 4.79 Å². The molecule has 0 saturated carbocycles. The van der Waals surface area contributed by atoms with Gasteiger partial charge in [-0.1, -0.05) is 6.07 Å². The van der Waals surface area contributed by atoms with Crippen LogP contribution in [0, 0.1) is 0 Å². The first kappa shape index (κ1) is 15.1. The van der Waals surface area contributed by atoms with E-state index in [1.807, 2.05) is 19.1 Å². The fourth-order valence-electron chi connectivity index (χ4n) is 2.39. The Balaban J connectivity index is 1.75. The molecule has 0 atom stereocenters. The van der Waals surface area contributed by atoms with Gasteiger partial charge in [-0.15, -0.1) is 0 Å². The third-order valence-electron chi connectivity index (χ3n) is 3.50.